The third-order valence-corrected chi connectivity index (χ3v) is 3.91. The van der Waals surface area contributed by atoms with E-state index in [0.29, 0.717) is 17.3 Å². The summed E-state index contributed by atoms with van der Waals surface area (Å²) < 4.78 is 0.920. The molecule has 0 saturated heterocycles. The van der Waals surface area contributed by atoms with E-state index < -0.39 is 0 Å². The lowest BCUT2D eigenvalue weighted by Crippen LogP contribution is -2.02. The Labute approximate surface area is 137 Å². The van der Waals surface area contributed by atoms with Gasteiger partial charge in [0.1, 0.15) is 11.9 Å². The lowest BCUT2D eigenvalue weighted by Gasteiger charge is -2.07. The van der Waals surface area contributed by atoms with E-state index in [9.17, 15) is 0 Å². The average Bonchev–Trinajstić information content (AvgIpc) is 2.83. The van der Waals surface area contributed by atoms with Gasteiger partial charge >= 0.3 is 0 Å². The number of imidazole rings is 1. The molecule has 0 bridgehead atoms. The van der Waals surface area contributed by atoms with Crippen LogP contribution in [0.15, 0.2) is 22.7 Å². The number of unbranched alkanes of at least 4 members (excludes halogenated alkanes) is 1. The van der Waals surface area contributed by atoms with E-state index in [-0.39, 0.29) is 0 Å². The molecule has 2 aromatic rings. The van der Waals surface area contributed by atoms with Gasteiger partial charge in [0, 0.05) is 10.9 Å². The smallest absolute Gasteiger partial charge is 0.152 e. The first-order chi connectivity index (χ1) is 10.1. The molecule has 110 valence electrons. The Morgan fingerprint density at radius 3 is 3.00 bits per heavy atom. The molecule has 0 atom stereocenters. The number of nitrogens with one attached hydrogen (secondary N) is 2. The monoisotopic (exact) mass is 366 g/mol. The third-order valence-electron chi connectivity index (χ3n) is 3.10. The van der Waals surface area contributed by atoms with Gasteiger partial charge in [0.15, 0.2) is 5.15 Å². The number of nitrogens with zero attached hydrogens (tertiary/aromatic N) is 2. The quantitative estimate of drug-likeness (QED) is 0.781. The average molecular weight is 368 g/mol. The molecule has 0 aliphatic heterocycles. The summed E-state index contributed by atoms with van der Waals surface area (Å²) in [5.74, 6) is 0.911. The summed E-state index contributed by atoms with van der Waals surface area (Å²) in [6.45, 7) is 2.65. The van der Waals surface area contributed by atoms with E-state index in [2.05, 4.69) is 44.2 Å². The summed E-state index contributed by atoms with van der Waals surface area (Å²) in [6.07, 6.45) is 3.10. The third kappa shape index (κ3) is 4.23. The fourth-order valence-corrected chi connectivity index (χ4v) is 2.54. The molecule has 2 N–H and O–H groups in total. The number of benzene rings is 1. The lowest BCUT2D eigenvalue weighted by atomic mass is 10.2. The van der Waals surface area contributed by atoms with Crippen LogP contribution in [0.4, 0.5) is 5.69 Å². The largest absolute Gasteiger partial charge is 0.378 e. The van der Waals surface area contributed by atoms with Crippen molar-refractivity contribution in [2.24, 2.45) is 0 Å². The van der Waals surface area contributed by atoms with Gasteiger partial charge in [0.2, 0.25) is 0 Å². The molecule has 1 heterocycles. The number of halogens is 2. The van der Waals surface area contributed by atoms with Crippen molar-refractivity contribution in [1.29, 1.82) is 5.26 Å². The van der Waals surface area contributed by atoms with Crippen molar-refractivity contribution in [2.45, 2.75) is 32.7 Å². The van der Waals surface area contributed by atoms with E-state index in [1.807, 2.05) is 12.1 Å². The van der Waals surface area contributed by atoms with Crippen LogP contribution < -0.4 is 5.32 Å². The predicted octanol–water partition coefficient (Wildman–Crippen LogP) is 4.65. The van der Waals surface area contributed by atoms with Crippen LogP contribution in [0.5, 0.6) is 0 Å². The Morgan fingerprint density at radius 1 is 1.48 bits per heavy atom. The van der Waals surface area contributed by atoms with Gasteiger partial charge in [-0.15, -0.1) is 0 Å². The molecular formula is C15H16BrClN4. The number of aromatic nitrogens is 2. The maximum Gasteiger partial charge on any atom is 0.152 e. The topological polar surface area (TPSA) is 64.5 Å². The zero-order valence-corrected chi connectivity index (χ0v) is 14.1. The Kier molecular flexibility index (Phi) is 5.66. The van der Waals surface area contributed by atoms with Crippen LogP contribution in [0.3, 0.4) is 0 Å². The number of rotatable bonds is 6. The van der Waals surface area contributed by atoms with Crippen molar-refractivity contribution in [2.75, 3.05) is 5.32 Å². The van der Waals surface area contributed by atoms with Crippen LogP contribution in [-0.4, -0.2) is 9.97 Å². The summed E-state index contributed by atoms with van der Waals surface area (Å²) in [5, 5.41) is 12.8. The summed E-state index contributed by atoms with van der Waals surface area (Å²) >= 11 is 9.54. The highest BCUT2D eigenvalue weighted by atomic mass is 79.9. The molecule has 1 aromatic carbocycles. The van der Waals surface area contributed by atoms with E-state index in [0.717, 1.165) is 40.9 Å². The van der Waals surface area contributed by atoms with Gasteiger partial charge in [-0.2, -0.15) is 5.26 Å². The minimum Gasteiger partial charge on any atom is -0.378 e. The minimum atomic E-state index is 0.488. The molecule has 0 radical (unpaired) electrons. The number of hydrogen-bond acceptors (Lipinski definition) is 3. The normalized spacial score (nSPS) is 10.4. The highest BCUT2D eigenvalue weighted by Gasteiger charge is 2.09. The zero-order chi connectivity index (χ0) is 15.2. The second kappa shape index (κ2) is 7.48. The predicted molar refractivity (Wildman–Crippen MR) is 88.4 cm³/mol. The molecule has 0 spiro atoms. The SMILES string of the molecule is CCCCc1nc(Cl)c(CNc2cc(Br)ccc2C#N)[nH]1. The van der Waals surface area contributed by atoms with Crippen molar-refractivity contribution in [1.82, 2.24) is 9.97 Å². The van der Waals surface area contributed by atoms with Gasteiger partial charge in [-0.25, -0.2) is 4.98 Å². The number of hydrogen-bond donors (Lipinski definition) is 2. The second-order valence-corrected chi connectivity index (χ2v) is 5.99. The maximum absolute atomic E-state index is 9.11. The Morgan fingerprint density at radius 2 is 2.29 bits per heavy atom. The second-order valence-electron chi connectivity index (χ2n) is 4.71. The molecule has 1 aromatic heterocycles. The zero-order valence-electron chi connectivity index (χ0n) is 11.7. The number of aryl methyl sites for hydroxylation is 1. The van der Waals surface area contributed by atoms with Crippen LogP contribution >= 0.6 is 27.5 Å². The van der Waals surface area contributed by atoms with E-state index in [1.54, 1.807) is 6.07 Å². The Hall–Kier alpha value is -1.51. The van der Waals surface area contributed by atoms with Gasteiger partial charge < -0.3 is 10.3 Å². The molecule has 4 nitrogen and oxygen atoms in total. The Bertz CT molecular complexity index is 660. The summed E-state index contributed by atoms with van der Waals surface area (Å²) in [7, 11) is 0. The van der Waals surface area contributed by atoms with Crippen LogP contribution in [0.1, 0.15) is 36.8 Å². The first-order valence-corrected chi connectivity index (χ1v) is 7.98. The summed E-state index contributed by atoms with van der Waals surface area (Å²) in [4.78, 5) is 7.55. The molecule has 0 amide bonds. The summed E-state index contributed by atoms with van der Waals surface area (Å²) in [6, 6.07) is 7.65. The van der Waals surface area contributed by atoms with Crippen LogP contribution in [0.2, 0.25) is 5.15 Å². The van der Waals surface area contributed by atoms with Crippen molar-refractivity contribution in [3.8, 4) is 6.07 Å². The van der Waals surface area contributed by atoms with Crippen molar-refractivity contribution >= 4 is 33.2 Å². The highest BCUT2D eigenvalue weighted by Crippen LogP contribution is 2.22. The van der Waals surface area contributed by atoms with Crippen molar-refractivity contribution in [3.63, 3.8) is 0 Å². The first-order valence-electron chi connectivity index (χ1n) is 6.80. The van der Waals surface area contributed by atoms with Gasteiger partial charge in [-0.1, -0.05) is 40.9 Å². The summed E-state index contributed by atoms with van der Waals surface area (Å²) in [5.41, 5.74) is 2.21. The molecule has 0 unspecified atom stereocenters. The lowest BCUT2D eigenvalue weighted by molar-refractivity contribution is 0.760. The van der Waals surface area contributed by atoms with E-state index in [4.69, 9.17) is 16.9 Å². The van der Waals surface area contributed by atoms with Gasteiger partial charge in [0.05, 0.1) is 23.5 Å². The number of H-pyrrole nitrogens is 1. The van der Waals surface area contributed by atoms with Crippen molar-refractivity contribution < 1.29 is 0 Å². The van der Waals surface area contributed by atoms with Crippen LogP contribution in [0.25, 0.3) is 0 Å². The fourth-order valence-electron chi connectivity index (χ4n) is 1.96. The number of nitriles is 1. The van der Waals surface area contributed by atoms with Gasteiger partial charge in [0.25, 0.3) is 0 Å². The molecule has 0 saturated carbocycles. The Balaban J connectivity index is 2.08. The fraction of sp³-hybridized carbons (Fsp3) is 0.333. The molecular weight excluding hydrogens is 352 g/mol. The van der Waals surface area contributed by atoms with Gasteiger partial charge in [-0.05, 0) is 24.6 Å². The first kappa shape index (κ1) is 15.9. The molecule has 21 heavy (non-hydrogen) atoms. The highest BCUT2D eigenvalue weighted by molar-refractivity contribution is 9.10. The molecule has 0 aliphatic rings. The van der Waals surface area contributed by atoms with Crippen LogP contribution in [-0.2, 0) is 13.0 Å². The molecule has 0 aliphatic carbocycles. The molecule has 2 rings (SSSR count). The maximum atomic E-state index is 9.11. The molecule has 0 fully saturated rings. The van der Waals surface area contributed by atoms with Crippen molar-refractivity contribution in [3.05, 3.63) is 44.9 Å². The van der Waals surface area contributed by atoms with E-state index in [1.165, 1.54) is 0 Å². The minimum absolute atomic E-state index is 0.488. The van der Waals surface area contributed by atoms with Crippen LogP contribution in [0, 0.1) is 11.3 Å². The number of anilines is 1. The van der Waals surface area contributed by atoms with Gasteiger partial charge in [-0.3, -0.25) is 0 Å². The number of aromatic amines is 1. The van der Waals surface area contributed by atoms with E-state index >= 15 is 0 Å². The standard InChI is InChI=1S/C15H16BrClN4/c1-2-3-4-14-20-13(15(17)21-14)9-19-12-7-11(16)6-5-10(12)8-18/h5-7,19H,2-4,9H2,1H3,(H,20,21). The molecule has 6 heteroatoms.